The second-order valence-corrected chi connectivity index (χ2v) is 5.99. The number of furan rings is 1. The minimum atomic E-state index is 0. The highest BCUT2D eigenvalue weighted by Crippen LogP contribution is 2.33. The van der Waals surface area contributed by atoms with Crippen molar-refractivity contribution in [3.63, 3.8) is 0 Å². The van der Waals surface area contributed by atoms with Crippen LogP contribution in [0.1, 0.15) is 17.7 Å². The molecular formula is C19H21ClN2O2. The van der Waals surface area contributed by atoms with Crippen LogP contribution in [0.25, 0.3) is 11.0 Å². The molecule has 0 radical (unpaired) electrons. The van der Waals surface area contributed by atoms with Crippen LogP contribution in [0.15, 0.2) is 46.9 Å². The van der Waals surface area contributed by atoms with Gasteiger partial charge < -0.3 is 19.8 Å². The van der Waals surface area contributed by atoms with E-state index >= 15 is 0 Å². The van der Waals surface area contributed by atoms with Crippen LogP contribution < -0.4 is 15.4 Å². The Morgan fingerprint density at radius 3 is 2.92 bits per heavy atom. The lowest BCUT2D eigenvalue weighted by Crippen LogP contribution is -2.29. The van der Waals surface area contributed by atoms with Crippen molar-refractivity contribution >= 4 is 34.8 Å². The van der Waals surface area contributed by atoms with Crippen LogP contribution in [0.4, 0.5) is 11.4 Å². The number of nitrogens with zero attached hydrogens (tertiary/aromatic N) is 1. The number of ether oxygens (including phenoxy) is 1. The smallest absolute Gasteiger partial charge is 0.134 e. The van der Waals surface area contributed by atoms with Gasteiger partial charge in [0.1, 0.15) is 17.1 Å². The summed E-state index contributed by atoms with van der Waals surface area (Å²) in [5.74, 6) is 1.81. The Kier molecular flexibility index (Phi) is 4.58. The number of hydrogen-bond donors (Lipinski definition) is 1. The molecule has 0 spiro atoms. The van der Waals surface area contributed by atoms with Gasteiger partial charge in [0.15, 0.2) is 0 Å². The minimum Gasteiger partial charge on any atom is -0.497 e. The monoisotopic (exact) mass is 344 g/mol. The first-order valence-corrected chi connectivity index (χ1v) is 7.93. The number of anilines is 2. The zero-order valence-electron chi connectivity index (χ0n) is 13.6. The average Bonchev–Trinajstić information content (AvgIpc) is 2.97. The van der Waals surface area contributed by atoms with Gasteiger partial charge in [0.2, 0.25) is 0 Å². The molecule has 1 aliphatic rings. The maximum Gasteiger partial charge on any atom is 0.134 e. The molecule has 4 rings (SSSR count). The van der Waals surface area contributed by atoms with E-state index in [9.17, 15) is 0 Å². The van der Waals surface area contributed by atoms with Gasteiger partial charge in [-0.25, -0.2) is 0 Å². The largest absolute Gasteiger partial charge is 0.497 e. The molecule has 4 nitrogen and oxygen atoms in total. The van der Waals surface area contributed by atoms with Crippen molar-refractivity contribution in [2.75, 3.05) is 24.3 Å². The Balaban J connectivity index is 0.00000169. The average molecular weight is 345 g/mol. The molecule has 0 saturated heterocycles. The Bertz CT molecular complexity index is 860. The molecule has 0 fully saturated rings. The van der Waals surface area contributed by atoms with Crippen LogP contribution in [0.5, 0.6) is 5.75 Å². The van der Waals surface area contributed by atoms with Crippen molar-refractivity contribution in [3.8, 4) is 5.75 Å². The Hall–Kier alpha value is -2.33. The molecule has 126 valence electrons. The van der Waals surface area contributed by atoms with Gasteiger partial charge in [0.25, 0.3) is 0 Å². The highest BCUT2D eigenvalue weighted by atomic mass is 35.5. The first-order valence-electron chi connectivity index (χ1n) is 7.93. The van der Waals surface area contributed by atoms with Crippen molar-refractivity contribution < 1.29 is 9.15 Å². The number of fused-ring (bicyclic) bond motifs is 2. The lowest BCUT2D eigenvalue weighted by Gasteiger charge is -2.31. The fourth-order valence-corrected chi connectivity index (χ4v) is 3.36. The zero-order valence-corrected chi connectivity index (χ0v) is 14.4. The third-order valence-electron chi connectivity index (χ3n) is 4.50. The summed E-state index contributed by atoms with van der Waals surface area (Å²) < 4.78 is 11.3. The lowest BCUT2D eigenvalue weighted by atomic mass is 10.00. The van der Waals surface area contributed by atoms with Gasteiger partial charge in [-0.2, -0.15) is 0 Å². The van der Waals surface area contributed by atoms with Crippen molar-refractivity contribution in [1.82, 2.24) is 0 Å². The molecule has 0 unspecified atom stereocenters. The summed E-state index contributed by atoms with van der Waals surface area (Å²) in [5, 5.41) is 1.07. The van der Waals surface area contributed by atoms with Crippen molar-refractivity contribution in [2.45, 2.75) is 19.4 Å². The molecule has 0 amide bonds. The predicted octanol–water partition coefficient (Wildman–Crippen LogP) is 4.40. The molecule has 0 atom stereocenters. The van der Waals surface area contributed by atoms with E-state index in [4.69, 9.17) is 14.9 Å². The number of benzene rings is 2. The van der Waals surface area contributed by atoms with Gasteiger partial charge >= 0.3 is 0 Å². The molecule has 1 aromatic heterocycles. The van der Waals surface area contributed by atoms with Crippen LogP contribution in [0, 0.1) is 0 Å². The fourth-order valence-electron chi connectivity index (χ4n) is 3.36. The van der Waals surface area contributed by atoms with Crippen LogP contribution in [0.3, 0.4) is 0 Å². The molecule has 2 heterocycles. The highest BCUT2D eigenvalue weighted by molar-refractivity contribution is 5.85. The molecule has 0 aliphatic carbocycles. The number of nitrogens with two attached hydrogens (primary N) is 1. The van der Waals surface area contributed by atoms with Gasteiger partial charge in [-0.15, -0.1) is 12.4 Å². The van der Waals surface area contributed by atoms with Gasteiger partial charge in [0, 0.05) is 23.3 Å². The number of nitrogen functional groups attached to an aromatic ring is 1. The zero-order chi connectivity index (χ0) is 15.8. The summed E-state index contributed by atoms with van der Waals surface area (Å²) in [6.07, 6.45) is 2.17. The van der Waals surface area contributed by atoms with E-state index < -0.39 is 0 Å². The van der Waals surface area contributed by atoms with E-state index in [2.05, 4.69) is 17.0 Å². The van der Waals surface area contributed by atoms with E-state index in [0.717, 1.165) is 54.1 Å². The molecular weight excluding hydrogens is 324 g/mol. The summed E-state index contributed by atoms with van der Waals surface area (Å²) in [6.45, 7) is 1.78. The highest BCUT2D eigenvalue weighted by Gasteiger charge is 2.19. The van der Waals surface area contributed by atoms with Gasteiger partial charge in [-0.1, -0.05) is 6.07 Å². The van der Waals surface area contributed by atoms with Gasteiger partial charge in [-0.05, 0) is 54.8 Å². The second-order valence-electron chi connectivity index (χ2n) is 5.99. The lowest BCUT2D eigenvalue weighted by molar-refractivity contribution is 0.415. The number of halogens is 1. The van der Waals surface area contributed by atoms with E-state index in [0.29, 0.717) is 0 Å². The summed E-state index contributed by atoms with van der Waals surface area (Å²) in [5.41, 5.74) is 10.4. The van der Waals surface area contributed by atoms with Crippen LogP contribution >= 0.6 is 12.4 Å². The molecule has 0 bridgehead atoms. The maximum atomic E-state index is 6.13. The first-order chi connectivity index (χ1) is 11.2. The Labute approximate surface area is 147 Å². The standard InChI is InChI=1S/C19H20N2O2.ClH/c1-22-14-7-8-19-13(10-14)11-15(23-19)12-21-9-3-4-16-17(20)5-2-6-18(16)21;/h2,5-8,10-11H,3-4,9,12,20H2,1H3;1H. The molecule has 3 aromatic rings. The molecule has 5 heteroatoms. The summed E-state index contributed by atoms with van der Waals surface area (Å²) in [7, 11) is 1.68. The van der Waals surface area contributed by atoms with Crippen LogP contribution in [-0.2, 0) is 13.0 Å². The SMILES string of the molecule is COc1ccc2oc(CN3CCCc4c(N)cccc43)cc2c1.Cl. The van der Waals surface area contributed by atoms with Crippen LogP contribution in [-0.4, -0.2) is 13.7 Å². The first kappa shape index (κ1) is 16.5. The Morgan fingerprint density at radius 1 is 1.21 bits per heavy atom. The van der Waals surface area contributed by atoms with Gasteiger partial charge in [0.05, 0.1) is 13.7 Å². The molecule has 0 saturated carbocycles. The second kappa shape index (κ2) is 6.65. The van der Waals surface area contributed by atoms with E-state index in [-0.39, 0.29) is 12.4 Å². The fraction of sp³-hybridized carbons (Fsp3) is 0.263. The van der Waals surface area contributed by atoms with E-state index in [1.165, 1.54) is 11.3 Å². The summed E-state index contributed by atoms with van der Waals surface area (Å²) in [4.78, 5) is 2.35. The number of rotatable bonds is 3. The number of hydrogen-bond acceptors (Lipinski definition) is 4. The quantitative estimate of drug-likeness (QED) is 0.715. The van der Waals surface area contributed by atoms with Crippen LogP contribution in [0.2, 0.25) is 0 Å². The normalized spacial score (nSPS) is 13.5. The molecule has 24 heavy (non-hydrogen) atoms. The number of methoxy groups -OCH3 is 1. The summed E-state index contributed by atoms with van der Waals surface area (Å²) >= 11 is 0. The molecule has 1 aliphatic heterocycles. The van der Waals surface area contributed by atoms with Crippen molar-refractivity contribution in [3.05, 3.63) is 53.8 Å². The topological polar surface area (TPSA) is 51.6 Å². The maximum absolute atomic E-state index is 6.13. The van der Waals surface area contributed by atoms with Crippen molar-refractivity contribution in [2.24, 2.45) is 0 Å². The van der Waals surface area contributed by atoms with Gasteiger partial charge in [-0.3, -0.25) is 0 Å². The summed E-state index contributed by atoms with van der Waals surface area (Å²) in [6, 6.07) is 14.1. The van der Waals surface area contributed by atoms with E-state index in [1.807, 2.05) is 30.3 Å². The minimum absolute atomic E-state index is 0. The predicted molar refractivity (Wildman–Crippen MR) is 100 cm³/mol. The molecule has 2 aromatic carbocycles. The third-order valence-corrected chi connectivity index (χ3v) is 4.50. The molecule has 2 N–H and O–H groups in total. The van der Waals surface area contributed by atoms with E-state index in [1.54, 1.807) is 7.11 Å². The Morgan fingerprint density at radius 2 is 2.08 bits per heavy atom. The van der Waals surface area contributed by atoms with Crippen molar-refractivity contribution in [1.29, 1.82) is 0 Å². The third kappa shape index (κ3) is 2.89.